The minimum Gasteiger partial charge on any atom is -0.442 e. The van der Waals surface area contributed by atoms with E-state index in [2.05, 4.69) is 30.7 Å². The smallest absolute Gasteiger partial charge is 0.437 e. The standard InChI is InChI=1S/C24H23BrF2N4O4S/c1-5-10-36(33,34)30-18-9-8-17(26)19(20(18)27)13-6-7-14-15(11-13)21(25)29-22-16(14)12-28-31(22)23(32)35-24(2,3)4/h6-9,11-12,30H,5,10H2,1-4H3. The van der Waals surface area contributed by atoms with Gasteiger partial charge >= 0.3 is 6.09 Å². The maximum atomic E-state index is 15.3. The van der Waals surface area contributed by atoms with Crippen LogP contribution in [0.25, 0.3) is 32.9 Å². The molecule has 0 aliphatic rings. The van der Waals surface area contributed by atoms with Crippen LogP contribution < -0.4 is 4.72 Å². The van der Waals surface area contributed by atoms with Gasteiger partial charge in [0.05, 0.1) is 23.2 Å². The number of rotatable bonds is 5. The molecule has 0 atom stereocenters. The Morgan fingerprint density at radius 2 is 1.86 bits per heavy atom. The molecule has 4 rings (SSSR count). The highest BCUT2D eigenvalue weighted by Crippen LogP contribution is 2.36. The quantitative estimate of drug-likeness (QED) is 0.281. The lowest BCUT2D eigenvalue weighted by molar-refractivity contribution is 0.0521. The number of nitrogens with one attached hydrogen (secondary N) is 1. The highest BCUT2D eigenvalue weighted by Gasteiger charge is 2.23. The molecule has 0 aliphatic heterocycles. The zero-order valence-corrected chi connectivity index (χ0v) is 22.3. The fourth-order valence-corrected chi connectivity index (χ4v) is 5.35. The van der Waals surface area contributed by atoms with Crippen LogP contribution in [0.2, 0.25) is 0 Å². The van der Waals surface area contributed by atoms with Gasteiger partial charge in [-0.1, -0.05) is 19.1 Å². The molecule has 2 aromatic heterocycles. The van der Waals surface area contributed by atoms with E-state index in [1.807, 2.05) is 0 Å². The van der Waals surface area contributed by atoms with Gasteiger partial charge in [0, 0.05) is 10.8 Å². The van der Waals surface area contributed by atoms with Gasteiger partial charge in [-0.25, -0.2) is 27.0 Å². The number of anilines is 1. The molecule has 0 bridgehead atoms. The van der Waals surface area contributed by atoms with Crippen LogP contribution >= 0.6 is 15.9 Å². The summed E-state index contributed by atoms with van der Waals surface area (Å²) in [5.41, 5.74) is -1.03. The van der Waals surface area contributed by atoms with Crippen molar-refractivity contribution in [2.24, 2.45) is 0 Å². The van der Waals surface area contributed by atoms with Crippen molar-refractivity contribution in [3.8, 4) is 11.1 Å². The van der Waals surface area contributed by atoms with Gasteiger partial charge in [-0.15, -0.1) is 4.68 Å². The average molecular weight is 581 g/mol. The van der Waals surface area contributed by atoms with Crippen molar-refractivity contribution in [2.75, 3.05) is 10.5 Å². The van der Waals surface area contributed by atoms with Crippen LogP contribution in [0.1, 0.15) is 34.1 Å². The lowest BCUT2D eigenvalue weighted by Crippen LogP contribution is -2.27. The van der Waals surface area contributed by atoms with Crippen LogP contribution in [-0.4, -0.2) is 40.6 Å². The van der Waals surface area contributed by atoms with E-state index in [1.165, 1.54) is 18.3 Å². The van der Waals surface area contributed by atoms with Gasteiger partial charge in [-0.05, 0) is 72.3 Å². The number of sulfonamides is 1. The number of pyridine rings is 1. The molecule has 0 aliphatic carbocycles. The molecular formula is C24H23BrF2N4O4S. The Bertz CT molecular complexity index is 1610. The number of ether oxygens (including phenoxy) is 1. The van der Waals surface area contributed by atoms with E-state index >= 15 is 4.39 Å². The first kappa shape index (κ1) is 26.0. The number of fused-ring (bicyclic) bond motifs is 3. The number of halogens is 3. The van der Waals surface area contributed by atoms with Crippen LogP contribution in [0, 0.1) is 11.6 Å². The zero-order chi connectivity index (χ0) is 26.4. The summed E-state index contributed by atoms with van der Waals surface area (Å²) < 4.78 is 63.3. The van der Waals surface area contributed by atoms with Crippen molar-refractivity contribution < 1.29 is 26.7 Å². The molecule has 12 heteroatoms. The molecule has 4 aromatic rings. The first-order valence-electron chi connectivity index (χ1n) is 11.0. The molecule has 2 heterocycles. The van der Waals surface area contributed by atoms with Gasteiger partial charge < -0.3 is 4.74 Å². The molecule has 36 heavy (non-hydrogen) atoms. The SMILES string of the molecule is CCCS(=O)(=O)Nc1ccc(F)c(-c2ccc3c(c2)c(Br)nc2c3cnn2C(=O)OC(C)(C)C)c1F. The molecular weight excluding hydrogens is 558 g/mol. The van der Waals surface area contributed by atoms with E-state index in [0.29, 0.717) is 27.2 Å². The summed E-state index contributed by atoms with van der Waals surface area (Å²) in [5, 5.41) is 5.79. The van der Waals surface area contributed by atoms with Crippen molar-refractivity contribution in [2.45, 2.75) is 39.7 Å². The Balaban J connectivity index is 1.83. The van der Waals surface area contributed by atoms with Gasteiger partial charge in [-0.3, -0.25) is 4.72 Å². The predicted molar refractivity (Wildman–Crippen MR) is 137 cm³/mol. The molecule has 2 aromatic carbocycles. The highest BCUT2D eigenvalue weighted by atomic mass is 79.9. The zero-order valence-electron chi connectivity index (χ0n) is 19.9. The van der Waals surface area contributed by atoms with Gasteiger partial charge in [0.2, 0.25) is 10.0 Å². The number of aromatic nitrogens is 3. The van der Waals surface area contributed by atoms with Gasteiger partial charge in [-0.2, -0.15) is 5.10 Å². The minimum atomic E-state index is -3.78. The molecule has 0 amide bonds. The minimum absolute atomic E-state index is 0.176. The van der Waals surface area contributed by atoms with Gasteiger partial charge in [0.25, 0.3) is 0 Å². The van der Waals surface area contributed by atoms with Crippen molar-refractivity contribution in [3.05, 3.63) is 52.8 Å². The number of nitrogens with zero attached hydrogens (tertiary/aromatic N) is 3. The number of carbonyl (C=O) groups is 1. The molecule has 0 fully saturated rings. The second kappa shape index (κ2) is 9.40. The summed E-state index contributed by atoms with van der Waals surface area (Å²) in [7, 11) is -3.78. The Morgan fingerprint density at radius 3 is 2.53 bits per heavy atom. The number of hydrogen-bond acceptors (Lipinski definition) is 6. The van der Waals surface area contributed by atoms with E-state index in [-0.39, 0.29) is 28.2 Å². The third kappa shape index (κ3) is 5.05. The van der Waals surface area contributed by atoms with E-state index < -0.39 is 33.4 Å². The van der Waals surface area contributed by atoms with Crippen molar-refractivity contribution in [1.29, 1.82) is 0 Å². The predicted octanol–water partition coefficient (Wildman–Crippen LogP) is 6.23. The van der Waals surface area contributed by atoms with Crippen LogP contribution in [0.15, 0.2) is 41.1 Å². The topological polar surface area (TPSA) is 103 Å². The summed E-state index contributed by atoms with van der Waals surface area (Å²) in [6, 6.07) is 6.73. The van der Waals surface area contributed by atoms with E-state index in [9.17, 15) is 17.6 Å². The van der Waals surface area contributed by atoms with Crippen LogP contribution in [0.4, 0.5) is 19.3 Å². The molecule has 190 valence electrons. The Kier molecular flexibility index (Phi) is 6.78. The van der Waals surface area contributed by atoms with Crippen LogP contribution in [-0.2, 0) is 14.8 Å². The fourth-order valence-electron chi connectivity index (χ4n) is 3.72. The van der Waals surface area contributed by atoms with Crippen molar-refractivity contribution >= 4 is 59.5 Å². The number of hydrogen-bond donors (Lipinski definition) is 1. The van der Waals surface area contributed by atoms with E-state index in [0.717, 1.165) is 16.8 Å². The van der Waals surface area contributed by atoms with Gasteiger partial charge in [0.15, 0.2) is 11.5 Å². The number of carbonyl (C=O) groups excluding carboxylic acids is 1. The monoisotopic (exact) mass is 580 g/mol. The number of benzene rings is 2. The maximum Gasteiger partial charge on any atom is 0.437 e. The third-order valence-corrected chi connectivity index (χ3v) is 7.25. The summed E-state index contributed by atoms with van der Waals surface area (Å²) in [5.74, 6) is -2.08. The molecule has 1 N–H and O–H groups in total. The molecule has 0 radical (unpaired) electrons. The molecule has 8 nitrogen and oxygen atoms in total. The first-order valence-corrected chi connectivity index (χ1v) is 13.4. The van der Waals surface area contributed by atoms with Crippen molar-refractivity contribution in [1.82, 2.24) is 14.8 Å². The summed E-state index contributed by atoms with van der Waals surface area (Å²) in [6.07, 6.45) is 1.11. The van der Waals surface area contributed by atoms with Crippen molar-refractivity contribution in [3.63, 3.8) is 0 Å². The molecule has 0 unspecified atom stereocenters. The van der Waals surface area contributed by atoms with Gasteiger partial charge in [0.1, 0.15) is 16.0 Å². The Morgan fingerprint density at radius 1 is 1.14 bits per heavy atom. The average Bonchev–Trinajstić information content (AvgIpc) is 3.19. The fraction of sp³-hybridized carbons (Fsp3) is 0.292. The Labute approximate surface area is 214 Å². The lowest BCUT2D eigenvalue weighted by Gasteiger charge is -2.19. The third-order valence-electron chi connectivity index (χ3n) is 5.16. The second-order valence-electron chi connectivity index (χ2n) is 9.14. The molecule has 0 saturated heterocycles. The summed E-state index contributed by atoms with van der Waals surface area (Å²) in [6.45, 7) is 6.89. The largest absolute Gasteiger partial charge is 0.442 e. The maximum absolute atomic E-state index is 15.3. The first-order chi connectivity index (χ1) is 16.8. The molecule has 0 saturated carbocycles. The Hall–Kier alpha value is -3.12. The second-order valence-corrected chi connectivity index (χ2v) is 11.7. The van der Waals surface area contributed by atoms with E-state index in [1.54, 1.807) is 33.8 Å². The summed E-state index contributed by atoms with van der Waals surface area (Å²) >= 11 is 3.38. The van der Waals surface area contributed by atoms with Crippen LogP contribution in [0.5, 0.6) is 0 Å². The highest BCUT2D eigenvalue weighted by molar-refractivity contribution is 9.10. The van der Waals surface area contributed by atoms with E-state index in [4.69, 9.17) is 4.74 Å². The molecule has 0 spiro atoms. The van der Waals surface area contributed by atoms with Crippen LogP contribution in [0.3, 0.4) is 0 Å². The normalized spacial score (nSPS) is 12.3. The lowest BCUT2D eigenvalue weighted by atomic mass is 10.00. The summed E-state index contributed by atoms with van der Waals surface area (Å²) in [4.78, 5) is 17.0.